The second-order valence-electron chi connectivity index (χ2n) is 3.84. The molecule has 0 aliphatic carbocycles. The molecule has 0 saturated heterocycles. The molecule has 0 aliphatic rings. The maximum absolute atomic E-state index is 11.2. The van der Waals surface area contributed by atoms with Crippen molar-refractivity contribution < 1.29 is 48.7 Å². The first-order valence-electron chi connectivity index (χ1n) is 3.97. The summed E-state index contributed by atoms with van der Waals surface area (Å²) < 4.78 is 29.8. The molecule has 0 aliphatic heterocycles. The van der Waals surface area contributed by atoms with Crippen LogP contribution in [0.3, 0.4) is 0 Å². The van der Waals surface area contributed by atoms with E-state index in [1.165, 1.54) is 20.8 Å². The number of amides is 1. The van der Waals surface area contributed by atoms with E-state index in [1.807, 2.05) is 0 Å². The van der Waals surface area contributed by atoms with Gasteiger partial charge in [0.25, 0.3) is 10.1 Å². The van der Waals surface area contributed by atoms with Crippen molar-refractivity contribution >= 4 is 16.0 Å². The summed E-state index contributed by atoms with van der Waals surface area (Å²) in [5, 5.41) is 2.43. The molecule has 0 rings (SSSR count). The van der Waals surface area contributed by atoms with E-state index in [0.29, 0.717) is 0 Å². The number of carbonyl (C=O) groups is 1. The van der Waals surface area contributed by atoms with Crippen LogP contribution in [0.2, 0.25) is 0 Å². The third kappa shape index (κ3) is 9.07. The molecule has 7 heteroatoms. The fourth-order valence-corrected chi connectivity index (χ4v) is 1.89. The van der Waals surface area contributed by atoms with Gasteiger partial charge in [-0.1, -0.05) is 6.58 Å². The summed E-state index contributed by atoms with van der Waals surface area (Å²) in [6, 6.07) is 0. The summed E-state index contributed by atoms with van der Waals surface area (Å²) in [4.78, 5) is 11.2. The van der Waals surface area contributed by atoms with Gasteiger partial charge < -0.3 is 6.74 Å². The van der Waals surface area contributed by atoms with Crippen LogP contribution in [0.4, 0.5) is 0 Å². The van der Waals surface area contributed by atoms with Gasteiger partial charge in [0.15, 0.2) is 0 Å². The van der Waals surface area contributed by atoms with Gasteiger partial charge in [-0.15, -0.1) is 0 Å². The standard InChI is InChI=1S/C8H15NO4S.Na.H/c1-6(2)7(10)9-8(3,4)5-14(11,12)13;;/h1,5H2,2-4H3,(H,9,10)(H,11,12,13);;/q;+1;-1. The minimum atomic E-state index is -4.10. The third-order valence-electron chi connectivity index (χ3n) is 1.38. The molecule has 1 amide bonds. The van der Waals surface area contributed by atoms with Crippen molar-refractivity contribution in [2.75, 3.05) is 5.75 Å². The van der Waals surface area contributed by atoms with Gasteiger partial charge in [0.05, 0.1) is 11.3 Å². The normalized spacial score (nSPS) is 11.5. The third-order valence-corrected chi connectivity index (χ3v) is 2.47. The predicted molar refractivity (Wildman–Crippen MR) is 54.6 cm³/mol. The summed E-state index contributed by atoms with van der Waals surface area (Å²) >= 11 is 0. The van der Waals surface area contributed by atoms with Crippen molar-refractivity contribution in [1.82, 2.24) is 5.32 Å². The van der Waals surface area contributed by atoms with Crippen LogP contribution < -0.4 is 34.9 Å². The Morgan fingerprint density at radius 3 is 2.20 bits per heavy atom. The van der Waals surface area contributed by atoms with Crippen molar-refractivity contribution in [2.24, 2.45) is 0 Å². The second kappa shape index (κ2) is 6.00. The zero-order valence-electron chi connectivity index (χ0n) is 10.5. The minimum Gasteiger partial charge on any atom is -1.00 e. The average Bonchev–Trinajstić information content (AvgIpc) is 1.78. The average molecular weight is 245 g/mol. The molecular formula is C8H16NNaO4S. The Labute approximate surface area is 114 Å². The Morgan fingerprint density at radius 1 is 1.53 bits per heavy atom. The molecule has 0 atom stereocenters. The fourth-order valence-electron chi connectivity index (χ4n) is 0.906. The molecule has 2 N–H and O–H groups in total. The summed E-state index contributed by atoms with van der Waals surface area (Å²) in [7, 11) is -4.10. The summed E-state index contributed by atoms with van der Waals surface area (Å²) in [6.07, 6.45) is 0. The van der Waals surface area contributed by atoms with Gasteiger partial charge in [-0.2, -0.15) is 8.42 Å². The predicted octanol–water partition coefficient (Wildman–Crippen LogP) is -2.54. The van der Waals surface area contributed by atoms with Crippen molar-refractivity contribution in [3.8, 4) is 0 Å². The van der Waals surface area contributed by atoms with Gasteiger partial charge in [0, 0.05) is 5.57 Å². The Balaban J connectivity index is -0.000000845. The Kier molecular flexibility index (Phi) is 7.01. The number of rotatable bonds is 4. The van der Waals surface area contributed by atoms with Crippen LogP contribution in [-0.4, -0.2) is 30.2 Å². The Hall–Kier alpha value is 0.120. The fraction of sp³-hybridized carbons (Fsp3) is 0.625. The van der Waals surface area contributed by atoms with E-state index >= 15 is 0 Å². The van der Waals surface area contributed by atoms with Crippen molar-refractivity contribution in [1.29, 1.82) is 0 Å². The number of hydrogen-bond donors (Lipinski definition) is 2. The molecule has 0 saturated carbocycles. The maximum Gasteiger partial charge on any atom is 1.00 e. The molecule has 0 fully saturated rings. The van der Waals surface area contributed by atoms with Gasteiger partial charge in [-0.3, -0.25) is 9.35 Å². The van der Waals surface area contributed by atoms with Gasteiger partial charge in [0.2, 0.25) is 5.91 Å². The summed E-state index contributed by atoms with van der Waals surface area (Å²) in [5.41, 5.74) is -0.725. The first kappa shape index (κ1) is 17.5. The SMILES string of the molecule is C=C(C)C(=O)NC(C)(C)CS(=O)(=O)O.[H-].[Na+]. The topological polar surface area (TPSA) is 83.5 Å². The quantitative estimate of drug-likeness (QED) is 0.325. The summed E-state index contributed by atoms with van der Waals surface area (Å²) in [6.45, 7) is 7.93. The first-order valence-corrected chi connectivity index (χ1v) is 5.57. The van der Waals surface area contributed by atoms with Crippen LogP contribution in [0.25, 0.3) is 0 Å². The van der Waals surface area contributed by atoms with Crippen LogP contribution in [0.5, 0.6) is 0 Å². The van der Waals surface area contributed by atoms with Crippen molar-refractivity contribution in [2.45, 2.75) is 26.3 Å². The molecule has 5 nitrogen and oxygen atoms in total. The van der Waals surface area contributed by atoms with Crippen LogP contribution in [-0.2, 0) is 14.9 Å². The molecule has 84 valence electrons. The molecule has 0 aromatic rings. The van der Waals surface area contributed by atoms with Crippen LogP contribution in [0.1, 0.15) is 22.2 Å². The van der Waals surface area contributed by atoms with Crippen LogP contribution in [0, 0.1) is 0 Å². The van der Waals surface area contributed by atoms with Crippen molar-refractivity contribution in [3.05, 3.63) is 12.2 Å². The van der Waals surface area contributed by atoms with Gasteiger partial charge in [0.1, 0.15) is 0 Å². The zero-order chi connectivity index (χ0) is 11.6. The van der Waals surface area contributed by atoms with Crippen LogP contribution >= 0.6 is 0 Å². The van der Waals surface area contributed by atoms with E-state index in [0.717, 1.165) is 0 Å². The smallest absolute Gasteiger partial charge is 1.00 e. The van der Waals surface area contributed by atoms with E-state index in [-0.39, 0.29) is 36.6 Å². The van der Waals surface area contributed by atoms with E-state index in [4.69, 9.17) is 4.55 Å². The molecule has 0 unspecified atom stereocenters. The second-order valence-corrected chi connectivity index (χ2v) is 5.30. The molecule has 0 bridgehead atoms. The Bertz CT molecular complexity index is 353. The van der Waals surface area contributed by atoms with Gasteiger partial charge in [-0.25, -0.2) is 0 Å². The number of nitrogens with one attached hydrogen (secondary N) is 1. The maximum atomic E-state index is 11.2. The largest absolute Gasteiger partial charge is 1.00 e. The molecule has 0 spiro atoms. The molecule has 0 heterocycles. The first-order chi connectivity index (χ1) is 6.03. The zero-order valence-corrected chi connectivity index (χ0v) is 12.3. The van der Waals surface area contributed by atoms with Crippen molar-refractivity contribution in [3.63, 3.8) is 0 Å². The number of carbonyl (C=O) groups excluding carboxylic acids is 1. The molecular weight excluding hydrogens is 229 g/mol. The molecule has 0 aromatic carbocycles. The number of hydrogen-bond acceptors (Lipinski definition) is 3. The minimum absolute atomic E-state index is 0. The van der Waals surface area contributed by atoms with Crippen LogP contribution in [0.15, 0.2) is 12.2 Å². The monoisotopic (exact) mass is 245 g/mol. The van der Waals surface area contributed by atoms with Gasteiger partial charge in [-0.05, 0) is 20.8 Å². The van der Waals surface area contributed by atoms with Gasteiger partial charge >= 0.3 is 29.6 Å². The summed E-state index contributed by atoms with van der Waals surface area (Å²) in [5.74, 6) is -0.961. The molecule has 15 heavy (non-hydrogen) atoms. The van der Waals surface area contributed by atoms with E-state index < -0.39 is 27.3 Å². The Morgan fingerprint density at radius 2 is 1.93 bits per heavy atom. The molecule has 0 aromatic heterocycles. The molecule has 0 radical (unpaired) electrons. The van der Waals surface area contributed by atoms with E-state index in [1.54, 1.807) is 0 Å². The van der Waals surface area contributed by atoms with E-state index in [2.05, 4.69) is 11.9 Å². The van der Waals surface area contributed by atoms with E-state index in [9.17, 15) is 13.2 Å².